The number of ketones is 1. The van der Waals surface area contributed by atoms with Crippen molar-refractivity contribution in [1.82, 2.24) is 4.98 Å². The van der Waals surface area contributed by atoms with Crippen LogP contribution in [-0.4, -0.2) is 23.8 Å². The Balaban J connectivity index is 2.26. The molecule has 0 radical (unpaired) electrons. The minimum absolute atomic E-state index is 0.252. The fourth-order valence-corrected chi connectivity index (χ4v) is 1.52. The first-order valence-electron chi connectivity index (χ1n) is 5.19. The predicted octanol–water partition coefficient (Wildman–Crippen LogP) is 2.17. The van der Waals surface area contributed by atoms with Crippen molar-refractivity contribution in [1.29, 1.82) is 0 Å². The minimum atomic E-state index is -0.524. The topological polar surface area (TPSA) is 59.2 Å². The van der Waals surface area contributed by atoms with Gasteiger partial charge in [0.2, 0.25) is 5.78 Å². The van der Waals surface area contributed by atoms with E-state index in [0.717, 1.165) is 0 Å². The maximum Gasteiger partial charge on any atom is 0.339 e. The van der Waals surface area contributed by atoms with Gasteiger partial charge in [-0.1, -0.05) is 0 Å². The molecule has 0 spiro atoms. The van der Waals surface area contributed by atoms with Crippen LogP contribution in [0.5, 0.6) is 0 Å². The van der Waals surface area contributed by atoms with Crippen LogP contribution in [0.1, 0.15) is 26.4 Å². The number of esters is 1. The Bertz CT molecular complexity index is 587. The highest BCUT2D eigenvalue weighted by Crippen LogP contribution is 2.12. The SMILES string of the molecule is COC(=O)c1c[nH]c(C(=O)c2ccc(F)cc2)c1. The molecule has 1 aromatic heterocycles. The monoisotopic (exact) mass is 247 g/mol. The van der Waals surface area contributed by atoms with Crippen LogP contribution in [-0.2, 0) is 4.74 Å². The van der Waals surface area contributed by atoms with Crippen molar-refractivity contribution in [2.24, 2.45) is 0 Å². The van der Waals surface area contributed by atoms with Gasteiger partial charge in [-0.25, -0.2) is 9.18 Å². The molecule has 0 saturated carbocycles. The number of benzene rings is 1. The van der Waals surface area contributed by atoms with E-state index in [1.165, 1.54) is 43.6 Å². The molecule has 18 heavy (non-hydrogen) atoms. The lowest BCUT2D eigenvalue weighted by molar-refractivity contribution is 0.0601. The molecule has 5 heteroatoms. The normalized spacial score (nSPS) is 10.1. The van der Waals surface area contributed by atoms with Crippen molar-refractivity contribution in [3.05, 3.63) is 59.2 Å². The van der Waals surface area contributed by atoms with Gasteiger partial charge in [-0.2, -0.15) is 0 Å². The van der Waals surface area contributed by atoms with Crippen molar-refractivity contribution in [2.45, 2.75) is 0 Å². The Morgan fingerprint density at radius 2 is 1.83 bits per heavy atom. The summed E-state index contributed by atoms with van der Waals surface area (Å²) >= 11 is 0. The van der Waals surface area contributed by atoms with Crippen LogP contribution < -0.4 is 0 Å². The number of aromatic nitrogens is 1. The summed E-state index contributed by atoms with van der Waals surface area (Å²) in [7, 11) is 1.26. The zero-order valence-electron chi connectivity index (χ0n) is 9.57. The highest BCUT2D eigenvalue weighted by Gasteiger charge is 2.14. The number of halogens is 1. The maximum atomic E-state index is 12.7. The van der Waals surface area contributed by atoms with Crippen LogP contribution in [0.3, 0.4) is 0 Å². The summed E-state index contributed by atoms with van der Waals surface area (Å²) in [5.74, 6) is -1.25. The van der Waals surface area contributed by atoms with E-state index in [2.05, 4.69) is 9.72 Å². The average Bonchev–Trinajstić information content (AvgIpc) is 2.87. The number of aromatic amines is 1. The number of hydrogen-bond acceptors (Lipinski definition) is 3. The highest BCUT2D eigenvalue weighted by molar-refractivity contribution is 6.08. The third-order valence-electron chi connectivity index (χ3n) is 2.46. The summed E-state index contributed by atoms with van der Waals surface area (Å²) < 4.78 is 17.3. The van der Waals surface area contributed by atoms with Gasteiger partial charge in [0, 0.05) is 11.8 Å². The molecule has 0 unspecified atom stereocenters. The number of nitrogens with one attached hydrogen (secondary N) is 1. The summed E-state index contributed by atoms with van der Waals surface area (Å²) in [4.78, 5) is 25.9. The van der Waals surface area contributed by atoms with Crippen molar-refractivity contribution in [3.63, 3.8) is 0 Å². The van der Waals surface area contributed by atoms with E-state index in [-0.39, 0.29) is 17.0 Å². The summed E-state index contributed by atoms with van der Waals surface area (Å²) in [5.41, 5.74) is 0.861. The van der Waals surface area contributed by atoms with Crippen molar-refractivity contribution >= 4 is 11.8 Å². The lowest BCUT2D eigenvalue weighted by Crippen LogP contribution is -2.02. The largest absolute Gasteiger partial charge is 0.465 e. The lowest BCUT2D eigenvalue weighted by atomic mass is 10.1. The Morgan fingerprint density at radius 1 is 1.17 bits per heavy atom. The summed E-state index contributed by atoms with van der Waals surface area (Å²) in [6.07, 6.45) is 1.39. The number of carbonyl (C=O) groups is 2. The Labute approximate surface area is 102 Å². The van der Waals surface area contributed by atoms with E-state index in [1.54, 1.807) is 0 Å². The number of hydrogen-bond donors (Lipinski definition) is 1. The van der Waals surface area contributed by atoms with Gasteiger partial charge >= 0.3 is 5.97 Å². The van der Waals surface area contributed by atoms with Crippen molar-refractivity contribution < 1.29 is 18.7 Å². The van der Waals surface area contributed by atoms with Crippen LogP contribution >= 0.6 is 0 Å². The van der Waals surface area contributed by atoms with Gasteiger partial charge in [0.05, 0.1) is 18.4 Å². The van der Waals surface area contributed by atoms with Gasteiger partial charge in [-0.3, -0.25) is 4.79 Å². The molecular formula is C13H10FNO3. The first-order chi connectivity index (χ1) is 8.61. The molecule has 0 aliphatic rings. The summed E-state index contributed by atoms with van der Waals surface area (Å²) in [6.45, 7) is 0. The molecule has 1 N–H and O–H groups in total. The highest BCUT2D eigenvalue weighted by atomic mass is 19.1. The van der Waals surface area contributed by atoms with E-state index in [9.17, 15) is 14.0 Å². The zero-order chi connectivity index (χ0) is 13.1. The number of methoxy groups -OCH3 is 1. The second-order valence-electron chi connectivity index (χ2n) is 3.63. The average molecular weight is 247 g/mol. The van der Waals surface area contributed by atoms with E-state index < -0.39 is 11.8 Å². The van der Waals surface area contributed by atoms with Crippen molar-refractivity contribution in [3.8, 4) is 0 Å². The van der Waals surface area contributed by atoms with Crippen molar-refractivity contribution in [2.75, 3.05) is 7.11 Å². The zero-order valence-corrected chi connectivity index (χ0v) is 9.57. The van der Waals surface area contributed by atoms with Crippen LogP contribution in [0, 0.1) is 5.82 Å². The molecule has 2 rings (SSSR count). The van der Waals surface area contributed by atoms with Crippen LogP contribution in [0.4, 0.5) is 4.39 Å². The second kappa shape index (κ2) is 4.83. The molecule has 0 aliphatic heterocycles. The molecule has 4 nitrogen and oxygen atoms in total. The molecule has 1 heterocycles. The molecule has 92 valence electrons. The lowest BCUT2D eigenvalue weighted by Gasteiger charge is -1.97. The smallest absolute Gasteiger partial charge is 0.339 e. The first-order valence-corrected chi connectivity index (χ1v) is 5.19. The Morgan fingerprint density at radius 3 is 2.44 bits per heavy atom. The van der Waals surface area contributed by atoms with Crippen LogP contribution in [0.25, 0.3) is 0 Å². The molecule has 0 saturated heterocycles. The van der Waals surface area contributed by atoms with Gasteiger partial charge in [-0.05, 0) is 30.3 Å². The van der Waals surface area contributed by atoms with E-state index in [1.807, 2.05) is 0 Å². The molecule has 0 fully saturated rings. The van der Waals surface area contributed by atoms with Gasteiger partial charge in [0.25, 0.3) is 0 Å². The molecule has 0 bridgehead atoms. The van der Waals surface area contributed by atoms with Gasteiger partial charge < -0.3 is 9.72 Å². The molecule has 0 atom stereocenters. The quantitative estimate of drug-likeness (QED) is 0.668. The van der Waals surface area contributed by atoms with E-state index in [4.69, 9.17) is 0 Å². The molecule has 1 aromatic carbocycles. The number of rotatable bonds is 3. The Hall–Kier alpha value is -2.43. The van der Waals surface area contributed by atoms with Gasteiger partial charge in [0.15, 0.2) is 0 Å². The third-order valence-corrected chi connectivity index (χ3v) is 2.46. The number of carbonyl (C=O) groups excluding carboxylic acids is 2. The molecule has 0 aliphatic carbocycles. The molecule has 2 aromatic rings. The summed E-state index contributed by atoms with van der Waals surface area (Å²) in [6, 6.07) is 6.58. The van der Waals surface area contributed by atoms with Gasteiger partial charge in [0.1, 0.15) is 5.82 Å². The second-order valence-corrected chi connectivity index (χ2v) is 3.63. The predicted molar refractivity (Wildman–Crippen MR) is 62.0 cm³/mol. The fraction of sp³-hybridized carbons (Fsp3) is 0.0769. The minimum Gasteiger partial charge on any atom is -0.465 e. The van der Waals surface area contributed by atoms with E-state index >= 15 is 0 Å². The van der Waals surface area contributed by atoms with Crippen LogP contribution in [0.2, 0.25) is 0 Å². The fourth-order valence-electron chi connectivity index (χ4n) is 1.52. The standard InChI is InChI=1S/C13H10FNO3/c1-18-13(17)9-6-11(15-7-9)12(16)8-2-4-10(14)5-3-8/h2-7,15H,1H3. The van der Waals surface area contributed by atoms with E-state index in [0.29, 0.717) is 5.56 Å². The number of ether oxygens (including phenoxy) is 1. The number of H-pyrrole nitrogens is 1. The Kier molecular flexibility index (Phi) is 3.23. The summed E-state index contributed by atoms with van der Waals surface area (Å²) in [5, 5.41) is 0. The maximum absolute atomic E-state index is 12.7. The van der Waals surface area contributed by atoms with Crippen LogP contribution in [0.15, 0.2) is 36.5 Å². The van der Waals surface area contributed by atoms with Gasteiger partial charge in [-0.15, -0.1) is 0 Å². The third kappa shape index (κ3) is 2.29. The first kappa shape index (κ1) is 12.0. The molecular weight excluding hydrogens is 237 g/mol. The molecule has 0 amide bonds.